The molecule has 1 aromatic carbocycles. The summed E-state index contributed by atoms with van der Waals surface area (Å²) < 4.78 is 0. The number of nitrogens with zero attached hydrogens (tertiary/aromatic N) is 2. The second kappa shape index (κ2) is 9.26. The minimum atomic E-state index is -0.346. The van der Waals surface area contributed by atoms with Crippen LogP contribution in [0.1, 0.15) is 59.2 Å². The summed E-state index contributed by atoms with van der Waals surface area (Å²) in [5.41, 5.74) is 9.75. The van der Waals surface area contributed by atoms with Crippen molar-refractivity contribution >= 4 is 11.8 Å². The van der Waals surface area contributed by atoms with Crippen molar-refractivity contribution < 1.29 is 9.59 Å². The average Bonchev–Trinajstić information content (AvgIpc) is 2.77. The molecule has 3 N–H and O–H groups in total. The van der Waals surface area contributed by atoms with E-state index >= 15 is 0 Å². The van der Waals surface area contributed by atoms with Gasteiger partial charge in [-0.3, -0.25) is 14.5 Å². The number of hydrogen-bond donors (Lipinski definition) is 2. The van der Waals surface area contributed by atoms with Crippen LogP contribution in [0.3, 0.4) is 0 Å². The first-order valence-electron chi connectivity index (χ1n) is 11.3. The molecule has 2 fully saturated rings. The van der Waals surface area contributed by atoms with Gasteiger partial charge in [0.25, 0.3) is 0 Å². The van der Waals surface area contributed by atoms with Crippen molar-refractivity contribution in [1.82, 2.24) is 15.1 Å². The van der Waals surface area contributed by atoms with Crippen molar-refractivity contribution in [3.63, 3.8) is 0 Å². The number of primary amides is 1. The number of rotatable bonds is 5. The number of aryl methyl sites for hydroxylation is 2. The Balaban J connectivity index is 1.34. The lowest BCUT2D eigenvalue weighted by Gasteiger charge is -2.41. The molecule has 4 rings (SSSR count). The van der Waals surface area contributed by atoms with Crippen LogP contribution in [0.2, 0.25) is 0 Å². The Hall–Kier alpha value is -1.92. The zero-order chi connectivity index (χ0) is 20.2. The maximum absolute atomic E-state index is 12.8. The number of nitrogens with two attached hydrogens (primary N) is 1. The Morgan fingerprint density at radius 2 is 1.76 bits per heavy atom. The molecule has 2 saturated heterocycles. The number of benzene rings is 1. The first-order valence-corrected chi connectivity index (χ1v) is 11.3. The molecule has 1 aromatic rings. The monoisotopic (exact) mass is 398 g/mol. The maximum atomic E-state index is 12.8. The minimum Gasteiger partial charge on any atom is -0.366 e. The van der Waals surface area contributed by atoms with Crippen LogP contribution < -0.4 is 11.1 Å². The first kappa shape index (κ1) is 20.4. The molecule has 0 bridgehead atoms. The number of piperidine rings is 1. The second-order valence-electron chi connectivity index (χ2n) is 8.71. The van der Waals surface area contributed by atoms with Crippen LogP contribution in [0.5, 0.6) is 0 Å². The minimum absolute atomic E-state index is 0.197. The van der Waals surface area contributed by atoms with Crippen molar-refractivity contribution in [2.75, 3.05) is 39.3 Å². The van der Waals surface area contributed by atoms with Gasteiger partial charge >= 0.3 is 0 Å². The molecule has 29 heavy (non-hydrogen) atoms. The Bertz CT molecular complexity index is 749. The highest BCUT2D eigenvalue weighted by atomic mass is 16.2. The van der Waals surface area contributed by atoms with Gasteiger partial charge in [0, 0.05) is 44.2 Å². The second-order valence-corrected chi connectivity index (χ2v) is 8.71. The molecule has 2 heterocycles. The molecule has 3 aliphatic rings. The summed E-state index contributed by atoms with van der Waals surface area (Å²) in [6.45, 7) is 5.79. The van der Waals surface area contributed by atoms with E-state index in [1.807, 2.05) is 11.0 Å². The largest absolute Gasteiger partial charge is 0.366 e. The van der Waals surface area contributed by atoms with Gasteiger partial charge in [-0.1, -0.05) is 12.1 Å². The predicted molar refractivity (Wildman–Crippen MR) is 114 cm³/mol. The summed E-state index contributed by atoms with van der Waals surface area (Å²) in [5.74, 6) is -0.148. The molecule has 0 aromatic heterocycles. The quantitative estimate of drug-likeness (QED) is 0.788. The van der Waals surface area contributed by atoms with Crippen LogP contribution in [0.25, 0.3) is 0 Å². The van der Waals surface area contributed by atoms with E-state index in [9.17, 15) is 9.59 Å². The van der Waals surface area contributed by atoms with E-state index in [4.69, 9.17) is 5.73 Å². The molecule has 0 unspecified atom stereocenters. The van der Waals surface area contributed by atoms with Crippen LogP contribution in [-0.2, 0) is 24.1 Å². The maximum Gasteiger partial charge on any atom is 0.249 e. The number of fused-ring (bicyclic) bond motifs is 1. The Labute approximate surface area is 173 Å². The standard InChI is InChI=1S/C23H34N4O2/c24-23(29)22-18(6-5-17-3-1-2-4-20(17)22)7-8-21(28)27-15-13-26(14-16-27)19-9-11-25-12-10-19/h5-6,19,25H,1-4,7-16H2,(H2,24,29). The first-order chi connectivity index (χ1) is 14.1. The highest BCUT2D eigenvalue weighted by Gasteiger charge is 2.27. The van der Waals surface area contributed by atoms with E-state index < -0.39 is 0 Å². The molecule has 6 heteroatoms. The van der Waals surface area contributed by atoms with Gasteiger partial charge in [0.05, 0.1) is 0 Å². The Kier molecular flexibility index (Phi) is 6.50. The third-order valence-corrected chi connectivity index (χ3v) is 6.97. The van der Waals surface area contributed by atoms with Crippen molar-refractivity contribution in [1.29, 1.82) is 0 Å². The lowest BCUT2D eigenvalue weighted by molar-refractivity contribution is -0.133. The molecule has 1 aliphatic carbocycles. The van der Waals surface area contributed by atoms with E-state index in [2.05, 4.69) is 16.3 Å². The van der Waals surface area contributed by atoms with Gasteiger partial charge < -0.3 is 16.0 Å². The highest BCUT2D eigenvalue weighted by Crippen LogP contribution is 2.28. The molecular weight excluding hydrogens is 364 g/mol. The topological polar surface area (TPSA) is 78.7 Å². The van der Waals surface area contributed by atoms with Crippen LogP contribution in [0.4, 0.5) is 0 Å². The van der Waals surface area contributed by atoms with Gasteiger partial charge in [-0.25, -0.2) is 0 Å². The molecule has 0 radical (unpaired) electrons. The van der Waals surface area contributed by atoms with Gasteiger partial charge in [-0.15, -0.1) is 0 Å². The van der Waals surface area contributed by atoms with Gasteiger partial charge in [-0.2, -0.15) is 0 Å². The third kappa shape index (κ3) is 4.64. The molecule has 0 spiro atoms. The Morgan fingerprint density at radius 3 is 2.48 bits per heavy atom. The normalized spacial score (nSPS) is 21.0. The average molecular weight is 399 g/mol. The lowest BCUT2D eigenvalue weighted by Crippen LogP contribution is -2.54. The molecule has 2 aliphatic heterocycles. The summed E-state index contributed by atoms with van der Waals surface area (Å²) >= 11 is 0. The van der Waals surface area contributed by atoms with Crippen LogP contribution in [0.15, 0.2) is 12.1 Å². The van der Waals surface area contributed by atoms with Crippen molar-refractivity contribution in [2.45, 2.75) is 57.4 Å². The number of hydrogen-bond acceptors (Lipinski definition) is 4. The molecule has 6 nitrogen and oxygen atoms in total. The molecule has 2 amide bonds. The fourth-order valence-electron chi connectivity index (χ4n) is 5.30. The van der Waals surface area contributed by atoms with Crippen molar-refractivity contribution in [3.8, 4) is 0 Å². The van der Waals surface area contributed by atoms with E-state index in [1.54, 1.807) is 0 Å². The van der Waals surface area contributed by atoms with Gasteiger partial charge in [-0.05, 0) is 74.7 Å². The molecule has 0 atom stereocenters. The smallest absolute Gasteiger partial charge is 0.249 e. The summed E-state index contributed by atoms with van der Waals surface area (Å²) in [6.07, 6.45) is 7.70. The molecule has 0 saturated carbocycles. The fourth-order valence-corrected chi connectivity index (χ4v) is 5.30. The van der Waals surface area contributed by atoms with Gasteiger partial charge in [0.1, 0.15) is 0 Å². The third-order valence-electron chi connectivity index (χ3n) is 6.97. The zero-order valence-electron chi connectivity index (χ0n) is 17.4. The summed E-state index contributed by atoms with van der Waals surface area (Å²) in [5, 5.41) is 3.42. The van der Waals surface area contributed by atoms with E-state index in [-0.39, 0.29) is 11.8 Å². The van der Waals surface area contributed by atoms with Crippen LogP contribution in [0, 0.1) is 0 Å². The van der Waals surface area contributed by atoms with Gasteiger partial charge in [0.2, 0.25) is 11.8 Å². The fraction of sp³-hybridized carbons (Fsp3) is 0.652. The summed E-state index contributed by atoms with van der Waals surface area (Å²) in [6, 6.07) is 4.83. The SMILES string of the molecule is NC(=O)c1c(CCC(=O)N2CCN(C3CCNCC3)CC2)ccc2c1CCCC2. The Morgan fingerprint density at radius 1 is 1.03 bits per heavy atom. The molecule has 158 valence electrons. The predicted octanol–water partition coefficient (Wildman–Crippen LogP) is 1.49. The number of nitrogens with one attached hydrogen (secondary N) is 1. The van der Waals surface area contributed by atoms with Crippen molar-refractivity contribution in [3.05, 3.63) is 34.4 Å². The summed E-state index contributed by atoms with van der Waals surface area (Å²) in [7, 11) is 0. The molecular formula is C23H34N4O2. The van der Waals surface area contributed by atoms with Gasteiger partial charge in [0.15, 0.2) is 0 Å². The number of piperazine rings is 1. The highest BCUT2D eigenvalue weighted by molar-refractivity contribution is 5.96. The van der Waals surface area contributed by atoms with E-state index in [0.717, 1.165) is 69.7 Å². The number of amides is 2. The summed E-state index contributed by atoms with van der Waals surface area (Å²) in [4.78, 5) is 29.5. The van der Waals surface area contributed by atoms with E-state index in [0.29, 0.717) is 24.4 Å². The van der Waals surface area contributed by atoms with Crippen LogP contribution in [-0.4, -0.2) is 66.9 Å². The lowest BCUT2D eigenvalue weighted by atomic mass is 9.84. The number of carbonyl (C=O) groups excluding carboxylic acids is 2. The zero-order valence-corrected chi connectivity index (χ0v) is 17.4. The van der Waals surface area contributed by atoms with Crippen LogP contribution >= 0.6 is 0 Å². The number of carbonyl (C=O) groups is 2. The van der Waals surface area contributed by atoms with E-state index in [1.165, 1.54) is 24.8 Å². The van der Waals surface area contributed by atoms with Crippen molar-refractivity contribution in [2.24, 2.45) is 5.73 Å².